The molecule has 0 radical (unpaired) electrons. The molecular formula is C19H32NO5PS. The summed E-state index contributed by atoms with van der Waals surface area (Å²) in [6.07, 6.45) is -0.921. The van der Waals surface area contributed by atoms with E-state index in [1.807, 2.05) is 44.2 Å². The van der Waals surface area contributed by atoms with Crippen molar-refractivity contribution >= 4 is 24.6 Å². The molecule has 6 nitrogen and oxygen atoms in total. The van der Waals surface area contributed by atoms with Gasteiger partial charge in [-0.1, -0.05) is 30.3 Å². The molecule has 0 aromatic heterocycles. The van der Waals surface area contributed by atoms with Gasteiger partial charge in [0, 0.05) is 18.8 Å². The van der Waals surface area contributed by atoms with E-state index in [4.69, 9.17) is 18.5 Å². The number of hydrogen-bond acceptors (Lipinski definition) is 6. The van der Waals surface area contributed by atoms with Crippen LogP contribution in [0.4, 0.5) is 0 Å². The van der Waals surface area contributed by atoms with Gasteiger partial charge in [-0.05, 0) is 41.5 Å². The van der Waals surface area contributed by atoms with Crippen molar-refractivity contribution in [1.82, 2.24) is 0 Å². The van der Waals surface area contributed by atoms with Crippen molar-refractivity contribution in [2.24, 2.45) is 4.76 Å². The highest BCUT2D eigenvalue weighted by molar-refractivity contribution is 8.14. The molecule has 0 fully saturated rings. The SMILES string of the molecule is CCOC(CS/C(=N/P(=O)(OC(C)C)OC(C)C)c1ccccc1)OCC. The summed E-state index contributed by atoms with van der Waals surface area (Å²) in [5.74, 6) is 0.513. The average Bonchev–Trinajstić information content (AvgIpc) is 2.58. The van der Waals surface area contributed by atoms with E-state index in [9.17, 15) is 4.57 Å². The summed E-state index contributed by atoms with van der Waals surface area (Å²) in [7, 11) is -3.66. The summed E-state index contributed by atoms with van der Waals surface area (Å²) in [5.41, 5.74) is 0.842. The van der Waals surface area contributed by atoms with Crippen LogP contribution in [0.15, 0.2) is 35.1 Å². The zero-order chi connectivity index (χ0) is 20.3. The molecule has 0 atom stereocenters. The van der Waals surface area contributed by atoms with Crippen LogP contribution in [0.1, 0.15) is 47.1 Å². The van der Waals surface area contributed by atoms with Crippen molar-refractivity contribution < 1.29 is 23.1 Å². The topological polar surface area (TPSA) is 66.4 Å². The summed E-state index contributed by atoms with van der Waals surface area (Å²) in [6.45, 7) is 12.2. The van der Waals surface area contributed by atoms with Crippen LogP contribution < -0.4 is 0 Å². The maximum absolute atomic E-state index is 13.2. The summed E-state index contributed by atoms with van der Waals surface area (Å²) in [6, 6.07) is 9.56. The molecule has 0 bridgehead atoms. The molecule has 0 unspecified atom stereocenters. The smallest absolute Gasteiger partial charge is 0.352 e. The van der Waals surface area contributed by atoms with E-state index in [2.05, 4.69) is 4.76 Å². The van der Waals surface area contributed by atoms with E-state index >= 15 is 0 Å². The Hall–Kier alpha value is -0.690. The van der Waals surface area contributed by atoms with Gasteiger partial charge in [0.2, 0.25) is 0 Å². The predicted octanol–water partition coefficient (Wildman–Crippen LogP) is 5.52. The fourth-order valence-electron chi connectivity index (χ4n) is 2.13. The molecule has 0 saturated heterocycles. The Morgan fingerprint density at radius 2 is 1.52 bits per heavy atom. The largest absolute Gasteiger partial charge is 0.455 e. The Morgan fingerprint density at radius 3 is 1.96 bits per heavy atom. The first-order valence-corrected chi connectivity index (χ1v) is 11.8. The number of hydrogen-bond donors (Lipinski definition) is 0. The van der Waals surface area contributed by atoms with Crippen LogP contribution in [0.25, 0.3) is 0 Å². The van der Waals surface area contributed by atoms with Gasteiger partial charge in [-0.15, -0.1) is 11.8 Å². The molecule has 0 heterocycles. The fraction of sp³-hybridized carbons (Fsp3) is 0.632. The van der Waals surface area contributed by atoms with Crippen LogP contribution >= 0.6 is 19.5 Å². The number of rotatable bonds is 12. The maximum atomic E-state index is 13.2. The van der Waals surface area contributed by atoms with Crippen molar-refractivity contribution in [3.8, 4) is 0 Å². The normalized spacial score (nSPS) is 13.1. The lowest BCUT2D eigenvalue weighted by molar-refractivity contribution is -0.119. The molecule has 0 N–H and O–H groups in total. The van der Waals surface area contributed by atoms with Gasteiger partial charge in [0.15, 0.2) is 6.29 Å². The van der Waals surface area contributed by atoms with Crippen LogP contribution in [-0.4, -0.2) is 42.5 Å². The second-order valence-corrected chi connectivity index (χ2v) is 8.77. The fourth-order valence-corrected chi connectivity index (χ4v) is 5.00. The van der Waals surface area contributed by atoms with Crippen molar-refractivity contribution in [3.05, 3.63) is 35.9 Å². The maximum Gasteiger partial charge on any atom is 0.455 e. The minimum atomic E-state index is -3.66. The number of ether oxygens (including phenoxy) is 2. The molecule has 8 heteroatoms. The van der Waals surface area contributed by atoms with E-state index in [-0.39, 0.29) is 18.5 Å². The number of benzene rings is 1. The highest BCUT2D eigenvalue weighted by Gasteiger charge is 2.29. The van der Waals surface area contributed by atoms with Crippen LogP contribution in [-0.2, 0) is 23.1 Å². The molecule has 0 saturated carbocycles. The highest BCUT2D eigenvalue weighted by atomic mass is 32.2. The van der Waals surface area contributed by atoms with Crippen molar-refractivity contribution in [2.45, 2.75) is 60.0 Å². The average molecular weight is 418 g/mol. The Bertz CT molecular complexity index is 589. The third-order valence-electron chi connectivity index (χ3n) is 2.98. The number of thioether (sulfide) groups is 1. The summed E-state index contributed by atoms with van der Waals surface area (Å²) < 4.78 is 40.0. The molecule has 1 aromatic carbocycles. The van der Waals surface area contributed by atoms with Gasteiger partial charge in [0.1, 0.15) is 5.04 Å². The van der Waals surface area contributed by atoms with Gasteiger partial charge in [-0.3, -0.25) is 9.05 Å². The summed E-state index contributed by atoms with van der Waals surface area (Å²) in [5, 5.41) is 0.574. The molecule has 0 spiro atoms. The molecule has 154 valence electrons. The minimum Gasteiger partial charge on any atom is -0.352 e. The van der Waals surface area contributed by atoms with E-state index in [0.717, 1.165) is 5.56 Å². The second-order valence-electron chi connectivity index (χ2n) is 6.20. The van der Waals surface area contributed by atoms with Gasteiger partial charge in [0.25, 0.3) is 0 Å². The molecule has 1 aromatic rings. The lowest BCUT2D eigenvalue weighted by Gasteiger charge is -2.21. The Labute approximate surface area is 167 Å². The van der Waals surface area contributed by atoms with Gasteiger partial charge in [0.05, 0.1) is 18.0 Å². The van der Waals surface area contributed by atoms with E-state index in [0.29, 0.717) is 24.0 Å². The van der Waals surface area contributed by atoms with Gasteiger partial charge in [-0.25, -0.2) is 4.57 Å². The monoisotopic (exact) mass is 417 g/mol. The lowest BCUT2D eigenvalue weighted by Crippen LogP contribution is -2.21. The third kappa shape index (κ3) is 9.88. The summed E-state index contributed by atoms with van der Waals surface area (Å²) >= 11 is 1.41. The van der Waals surface area contributed by atoms with E-state index < -0.39 is 7.75 Å². The molecule has 0 aliphatic heterocycles. The van der Waals surface area contributed by atoms with Crippen molar-refractivity contribution in [1.29, 1.82) is 0 Å². The quantitative estimate of drug-likeness (QED) is 0.193. The first-order valence-electron chi connectivity index (χ1n) is 9.28. The second kappa shape index (κ2) is 12.7. The standard InChI is InChI=1S/C19H32NO5PS/c1-7-22-18(23-8-2)14-27-19(17-12-10-9-11-13-17)20-26(21,24-15(3)4)25-16(5)6/h9-13,15-16,18H,7-8,14H2,1-6H3/b20-19+. The molecule has 27 heavy (non-hydrogen) atoms. The van der Waals surface area contributed by atoms with Gasteiger partial charge >= 0.3 is 7.75 Å². The van der Waals surface area contributed by atoms with Crippen LogP contribution in [0, 0.1) is 0 Å². The third-order valence-corrected chi connectivity index (χ3v) is 5.98. The Kier molecular flexibility index (Phi) is 11.5. The molecule has 1 rings (SSSR count). The van der Waals surface area contributed by atoms with Gasteiger partial charge in [-0.2, -0.15) is 4.76 Å². The zero-order valence-corrected chi connectivity index (χ0v) is 18.8. The van der Waals surface area contributed by atoms with Crippen LogP contribution in [0.2, 0.25) is 0 Å². The zero-order valence-electron chi connectivity index (χ0n) is 17.1. The predicted molar refractivity (Wildman–Crippen MR) is 113 cm³/mol. The summed E-state index contributed by atoms with van der Waals surface area (Å²) in [4.78, 5) is 0. The van der Waals surface area contributed by atoms with Crippen molar-refractivity contribution in [3.63, 3.8) is 0 Å². The highest BCUT2D eigenvalue weighted by Crippen LogP contribution is 2.53. The first kappa shape index (κ1) is 24.3. The lowest BCUT2D eigenvalue weighted by atomic mass is 10.2. The Balaban J connectivity index is 3.15. The molecule has 0 amide bonds. The molecule has 0 aliphatic carbocycles. The number of nitrogens with zero attached hydrogens (tertiary/aromatic N) is 1. The van der Waals surface area contributed by atoms with Crippen LogP contribution in [0.5, 0.6) is 0 Å². The van der Waals surface area contributed by atoms with E-state index in [1.54, 1.807) is 27.7 Å². The molecule has 0 aliphatic rings. The van der Waals surface area contributed by atoms with Crippen molar-refractivity contribution in [2.75, 3.05) is 19.0 Å². The minimum absolute atomic E-state index is 0.278. The van der Waals surface area contributed by atoms with E-state index in [1.165, 1.54) is 11.8 Å². The van der Waals surface area contributed by atoms with Gasteiger partial charge < -0.3 is 9.47 Å². The Morgan fingerprint density at radius 1 is 1.00 bits per heavy atom. The molecular weight excluding hydrogens is 385 g/mol. The first-order chi connectivity index (χ1) is 12.8. The van der Waals surface area contributed by atoms with Crippen LogP contribution in [0.3, 0.4) is 0 Å².